The van der Waals surface area contributed by atoms with E-state index in [1.54, 1.807) is 27.4 Å². The van der Waals surface area contributed by atoms with E-state index in [9.17, 15) is 4.79 Å². The molecule has 0 aliphatic carbocycles. The van der Waals surface area contributed by atoms with E-state index in [4.69, 9.17) is 18.9 Å². The predicted octanol–water partition coefficient (Wildman–Crippen LogP) is 3.14. The van der Waals surface area contributed by atoms with E-state index < -0.39 is 6.04 Å². The molecule has 138 valence electrons. The van der Waals surface area contributed by atoms with Crippen LogP contribution in [0, 0.1) is 0 Å². The molecule has 3 rings (SSSR count). The summed E-state index contributed by atoms with van der Waals surface area (Å²) in [6, 6.07) is 8.69. The Bertz CT molecular complexity index is 818. The van der Waals surface area contributed by atoms with Crippen molar-refractivity contribution >= 4 is 5.78 Å². The van der Waals surface area contributed by atoms with Crippen molar-refractivity contribution in [3.8, 4) is 23.0 Å². The Hall–Kier alpha value is -2.73. The SMILES string of the molecule is CCOc1ccc(C2NCc3cc(OC)c(OC)cc3C2=O)cc1OC. The Morgan fingerprint density at radius 3 is 2.27 bits per heavy atom. The van der Waals surface area contributed by atoms with Gasteiger partial charge in [-0.15, -0.1) is 0 Å². The van der Waals surface area contributed by atoms with Crippen LogP contribution in [-0.4, -0.2) is 33.7 Å². The number of Topliss-reactive ketones (excluding diaryl/α,β-unsaturated/α-hetero) is 1. The number of rotatable bonds is 6. The number of ether oxygens (including phenoxy) is 4. The number of ketones is 1. The van der Waals surface area contributed by atoms with Gasteiger partial charge in [-0.2, -0.15) is 0 Å². The van der Waals surface area contributed by atoms with Crippen LogP contribution >= 0.6 is 0 Å². The van der Waals surface area contributed by atoms with Gasteiger partial charge in [0.25, 0.3) is 0 Å². The number of fused-ring (bicyclic) bond motifs is 1. The molecule has 1 atom stereocenters. The molecule has 2 aromatic rings. The molecule has 1 N–H and O–H groups in total. The van der Waals surface area contributed by atoms with Crippen LogP contribution in [0.4, 0.5) is 0 Å². The summed E-state index contributed by atoms with van der Waals surface area (Å²) in [7, 11) is 4.73. The molecule has 0 aromatic heterocycles. The van der Waals surface area contributed by atoms with Crippen LogP contribution in [0.15, 0.2) is 30.3 Å². The van der Waals surface area contributed by atoms with Gasteiger partial charge < -0.3 is 18.9 Å². The van der Waals surface area contributed by atoms with E-state index in [1.807, 2.05) is 31.2 Å². The standard InChI is InChI=1S/C20H23NO5/c1-5-26-15-7-6-12(8-16(15)23-2)19-20(22)14-10-18(25-4)17(24-3)9-13(14)11-21-19/h6-10,19,21H,5,11H2,1-4H3. The topological polar surface area (TPSA) is 66.0 Å². The van der Waals surface area contributed by atoms with Gasteiger partial charge >= 0.3 is 0 Å². The highest BCUT2D eigenvalue weighted by molar-refractivity contribution is 6.03. The van der Waals surface area contributed by atoms with Gasteiger partial charge in [-0.25, -0.2) is 0 Å². The van der Waals surface area contributed by atoms with Gasteiger partial charge in [0, 0.05) is 12.1 Å². The summed E-state index contributed by atoms with van der Waals surface area (Å²) in [5.41, 5.74) is 2.36. The van der Waals surface area contributed by atoms with Gasteiger partial charge in [0.2, 0.25) is 0 Å². The third kappa shape index (κ3) is 3.20. The Labute approximate surface area is 153 Å². The average Bonchev–Trinajstić information content (AvgIpc) is 2.68. The quantitative estimate of drug-likeness (QED) is 0.857. The molecule has 6 nitrogen and oxygen atoms in total. The summed E-state index contributed by atoms with van der Waals surface area (Å²) in [6.45, 7) is 3.02. The summed E-state index contributed by atoms with van der Waals surface area (Å²) in [5.74, 6) is 2.41. The largest absolute Gasteiger partial charge is 0.493 e. The average molecular weight is 357 g/mol. The third-order valence-electron chi connectivity index (χ3n) is 4.45. The Morgan fingerprint density at radius 1 is 0.962 bits per heavy atom. The summed E-state index contributed by atoms with van der Waals surface area (Å²) in [6.07, 6.45) is 0. The maximum Gasteiger partial charge on any atom is 0.184 e. The molecule has 1 heterocycles. The molecule has 1 unspecified atom stereocenters. The fourth-order valence-corrected chi connectivity index (χ4v) is 3.16. The van der Waals surface area contributed by atoms with Crippen LogP contribution < -0.4 is 24.3 Å². The molecular weight excluding hydrogens is 334 g/mol. The first-order valence-electron chi connectivity index (χ1n) is 8.46. The van der Waals surface area contributed by atoms with Crippen molar-refractivity contribution in [3.63, 3.8) is 0 Å². The minimum atomic E-state index is -0.454. The first kappa shape index (κ1) is 18.1. The minimum absolute atomic E-state index is 0.0154. The number of carbonyl (C=O) groups is 1. The fraction of sp³-hybridized carbons (Fsp3) is 0.350. The van der Waals surface area contributed by atoms with E-state index in [1.165, 1.54) is 0 Å². The Morgan fingerprint density at radius 2 is 1.62 bits per heavy atom. The lowest BCUT2D eigenvalue weighted by atomic mass is 9.90. The van der Waals surface area contributed by atoms with Gasteiger partial charge in [0.1, 0.15) is 0 Å². The van der Waals surface area contributed by atoms with Gasteiger partial charge in [0.15, 0.2) is 28.8 Å². The second kappa shape index (κ2) is 7.66. The molecule has 6 heteroatoms. The van der Waals surface area contributed by atoms with Crippen LogP contribution in [-0.2, 0) is 6.54 Å². The summed E-state index contributed by atoms with van der Waals surface area (Å²) < 4.78 is 21.6. The second-order valence-corrected chi connectivity index (χ2v) is 5.89. The smallest absolute Gasteiger partial charge is 0.184 e. The number of hydrogen-bond donors (Lipinski definition) is 1. The monoisotopic (exact) mass is 357 g/mol. The number of nitrogens with one attached hydrogen (secondary N) is 1. The zero-order valence-electron chi connectivity index (χ0n) is 15.4. The first-order valence-corrected chi connectivity index (χ1v) is 8.46. The van der Waals surface area contributed by atoms with E-state index in [-0.39, 0.29) is 5.78 Å². The Kier molecular flexibility index (Phi) is 5.32. The Balaban J connectivity index is 1.96. The van der Waals surface area contributed by atoms with Crippen molar-refractivity contribution in [3.05, 3.63) is 47.0 Å². The normalized spacial score (nSPS) is 16.0. The molecule has 26 heavy (non-hydrogen) atoms. The molecule has 0 fully saturated rings. The molecule has 0 saturated carbocycles. The number of benzene rings is 2. The molecule has 0 bridgehead atoms. The molecule has 1 aliphatic rings. The zero-order valence-corrected chi connectivity index (χ0v) is 15.4. The highest BCUT2D eigenvalue weighted by Gasteiger charge is 2.30. The van der Waals surface area contributed by atoms with Gasteiger partial charge in [-0.1, -0.05) is 6.07 Å². The number of methoxy groups -OCH3 is 3. The second-order valence-electron chi connectivity index (χ2n) is 5.89. The zero-order chi connectivity index (χ0) is 18.7. The van der Waals surface area contributed by atoms with Crippen molar-refractivity contribution in [2.75, 3.05) is 27.9 Å². The highest BCUT2D eigenvalue weighted by Crippen LogP contribution is 2.37. The van der Waals surface area contributed by atoms with Crippen molar-refractivity contribution in [2.24, 2.45) is 0 Å². The summed E-state index contributed by atoms with van der Waals surface area (Å²) in [5, 5.41) is 3.29. The van der Waals surface area contributed by atoms with E-state index in [2.05, 4.69) is 5.32 Å². The fourth-order valence-electron chi connectivity index (χ4n) is 3.16. The molecule has 2 aromatic carbocycles. The highest BCUT2D eigenvalue weighted by atomic mass is 16.5. The maximum atomic E-state index is 13.1. The van der Waals surface area contributed by atoms with Crippen molar-refractivity contribution in [1.82, 2.24) is 5.32 Å². The van der Waals surface area contributed by atoms with Crippen molar-refractivity contribution in [1.29, 1.82) is 0 Å². The molecule has 0 amide bonds. The molecule has 1 aliphatic heterocycles. The van der Waals surface area contributed by atoms with Crippen LogP contribution in [0.25, 0.3) is 0 Å². The number of carbonyl (C=O) groups excluding carboxylic acids is 1. The third-order valence-corrected chi connectivity index (χ3v) is 4.45. The van der Waals surface area contributed by atoms with E-state index in [0.717, 1.165) is 11.1 Å². The van der Waals surface area contributed by atoms with Crippen LogP contribution in [0.5, 0.6) is 23.0 Å². The first-order chi connectivity index (χ1) is 12.6. The predicted molar refractivity (Wildman–Crippen MR) is 97.6 cm³/mol. The van der Waals surface area contributed by atoms with Crippen LogP contribution in [0.2, 0.25) is 0 Å². The van der Waals surface area contributed by atoms with Gasteiger partial charge in [-0.3, -0.25) is 10.1 Å². The number of hydrogen-bond acceptors (Lipinski definition) is 6. The lowest BCUT2D eigenvalue weighted by molar-refractivity contribution is 0.0929. The summed E-state index contributed by atoms with van der Waals surface area (Å²) >= 11 is 0. The lowest BCUT2D eigenvalue weighted by Gasteiger charge is -2.26. The minimum Gasteiger partial charge on any atom is -0.493 e. The lowest BCUT2D eigenvalue weighted by Crippen LogP contribution is -2.34. The van der Waals surface area contributed by atoms with Gasteiger partial charge in [0.05, 0.1) is 34.0 Å². The van der Waals surface area contributed by atoms with E-state index in [0.29, 0.717) is 41.7 Å². The van der Waals surface area contributed by atoms with Crippen LogP contribution in [0.3, 0.4) is 0 Å². The van der Waals surface area contributed by atoms with Crippen molar-refractivity contribution < 1.29 is 23.7 Å². The van der Waals surface area contributed by atoms with Crippen LogP contribution in [0.1, 0.15) is 34.5 Å². The molecule has 0 saturated heterocycles. The van der Waals surface area contributed by atoms with E-state index >= 15 is 0 Å². The molecule has 0 radical (unpaired) electrons. The molecule has 0 spiro atoms. The molecular formula is C20H23NO5. The van der Waals surface area contributed by atoms with Crippen molar-refractivity contribution in [2.45, 2.75) is 19.5 Å². The maximum absolute atomic E-state index is 13.1. The van der Waals surface area contributed by atoms with Gasteiger partial charge in [-0.05, 0) is 42.3 Å². The summed E-state index contributed by atoms with van der Waals surface area (Å²) in [4.78, 5) is 13.1.